The van der Waals surface area contributed by atoms with Gasteiger partial charge >= 0.3 is 0 Å². The Morgan fingerprint density at radius 1 is 0.571 bits per heavy atom. The maximum absolute atomic E-state index is 14.7. The van der Waals surface area contributed by atoms with Crippen molar-refractivity contribution in [1.82, 2.24) is 0 Å². The number of hydrogen-bond donors (Lipinski definition) is 0. The lowest BCUT2D eigenvalue weighted by atomic mass is 10.0. The predicted molar refractivity (Wildman–Crippen MR) is 114 cm³/mol. The fourth-order valence-electron chi connectivity index (χ4n) is 3.98. The van der Waals surface area contributed by atoms with Gasteiger partial charge in [0.1, 0.15) is 11.4 Å². The summed E-state index contributed by atoms with van der Waals surface area (Å²) in [6.45, 7) is 0. The third-order valence-corrected chi connectivity index (χ3v) is 8.03. The highest BCUT2D eigenvalue weighted by Gasteiger charge is 2.44. The van der Waals surface area contributed by atoms with E-state index < -0.39 is 7.37 Å². The van der Waals surface area contributed by atoms with Crippen molar-refractivity contribution in [2.45, 2.75) is 5.66 Å². The van der Waals surface area contributed by atoms with Crippen LogP contribution in [0.2, 0.25) is 0 Å². The van der Waals surface area contributed by atoms with E-state index in [1.54, 1.807) is 0 Å². The Hall–Kier alpha value is -3.09. The van der Waals surface area contributed by atoms with Gasteiger partial charge in [0.25, 0.3) is 7.37 Å². The SMILES string of the molecule is O=P1(C(c2ccccc2)c2ccccc2)Oc2ccccc2-c2ccccc21. The van der Waals surface area contributed by atoms with E-state index in [-0.39, 0.29) is 5.66 Å². The molecule has 0 saturated carbocycles. The summed E-state index contributed by atoms with van der Waals surface area (Å²) in [7, 11) is -3.29. The highest BCUT2D eigenvalue weighted by molar-refractivity contribution is 7.68. The van der Waals surface area contributed by atoms with Gasteiger partial charge in [-0.15, -0.1) is 0 Å². The first kappa shape index (κ1) is 17.0. The van der Waals surface area contributed by atoms with Crippen LogP contribution in [0.5, 0.6) is 5.75 Å². The zero-order chi connectivity index (χ0) is 19.0. The molecule has 28 heavy (non-hydrogen) atoms. The van der Waals surface area contributed by atoms with E-state index in [0.29, 0.717) is 5.75 Å². The molecule has 4 aromatic carbocycles. The van der Waals surface area contributed by atoms with E-state index in [0.717, 1.165) is 27.6 Å². The maximum atomic E-state index is 14.7. The summed E-state index contributed by atoms with van der Waals surface area (Å²) >= 11 is 0. The monoisotopic (exact) mass is 382 g/mol. The molecule has 4 aromatic rings. The second-order valence-corrected chi connectivity index (χ2v) is 9.30. The predicted octanol–water partition coefficient (Wildman–Crippen LogP) is 6.44. The van der Waals surface area contributed by atoms with Crippen LogP contribution in [-0.2, 0) is 4.57 Å². The van der Waals surface area contributed by atoms with Crippen molar-refractivity contribution in [3.63, 3.8) is 0 Å². The first-order chi connectivity index (χ1) is 13.8. The molecule has 136 valence electrons. The Labute approximate surface area is 164 Å². The summed E-state index contributed by atoms with van der Waals surface area (Å²) in [5.74, 6) is 0.682. The average molecular weight is 382 g/mol. The standard InChI is InChI=1S/C25H19O2P/c26-28(25(19-11-3-1-4-12-19)20-13-5-2-6-14-20)24-18-10-8-16-22(24)21-15-7-9-17-23(21)27-28/h1-18,25H. The smallest absolute Gasteiger partial charge is 0.289 e. The van der Waals surface area contributed by atoms with Crippen molar-refractivity contribution in [1.29, 1.82) is 0 Å². The van der Waals surface area contributed by atoms with Crippen LogP contribution in [0.4, 0.5) is 0 Å². The Bertz CT molecular complexity index is 1130. The topological polar surface area (TPSA) is 26.3 Å². The van der Waals surface area contributed by atoms with Crippen molar-refractivity contribution < 1.29 is 9.09 Å². The minimum absolute atomic E-state index is 0.371. The molecule has 1 aliphatic rings. The van der Waals surface area contributed by atoms with Gasteiger partial charge in [0.05, 0.1) is 5.30 Å². The second-order valence-electron chi connectivity index (χ2n) is 6.93. The molecule has 0 amide bonds. The van der Waals surface area contributed by atoms with Crippen molar-refractivity contribution >= 4 is 12.7 Å². The Balaban J connectivity index is 1.79. The molecule has 3 heteroatoms. The minimum atomic E-state index is -3.29. The average Bonchev–Trinajstić information content (AvgIpc) is 2.76. The summed E-state index contributed by atoms with van der Waals surface area (Å²) in [6, 6.07) is 35.8. The highest BCUT2D eigenvalue weighted by Crippen LogP contribution is 2.65. The van der Waals surface area contributed by atoms with Crippen LogP contribution in [0.1, 0.15) is 16.8 Å². The van der Waals surface area contributed by atoms with Gasteiger partial charge in [-0.2, -0.15) is 0 Å². The number of para-hydroxylation sites is 1. The van der Waals surface area contributed by atoms with Crippen molar-refractivity contribution in [3.05, 3.63) is 120 Å². The second kappa shape index (κ2) is 6.82. The van der Waals surface area contributed by atoms with Crippen LogP contribution in [0.3, 0.4) is 0 Å². The van der Waals surface area contributed by atoms with E-state index in [2.05, 4.69) is 0 Å². The van der Waals surface area contributed by atoms with Crippen molar-refractivity contribution in [3.8, 4) is 16.9 Å². The summed E-state index contributed by atoms with van der Waals surface area (Å²) in [6.07, 6.45) is 0. The Kier molecular flexibility index (Phi) is 4.15. The molecule has 0 aliphatic carbocycles. The fourth-order valence-corrected chi connectivity index (χ4v) is 6.87. The fraction of sp³-hybridized carbons (Fsp3) is 0.0400. The zero-order valence-electron chi connectivity index (χ0n) is 15.2. The molecular formula is C25H19O2P. The quantitative estimate of drug-likeness (QED) is 0.381. The van der Waals surface area contributed by atoms with Crippen LogP contribution in [0.15, 0.2) is 109 Å². The lowest BCUT2D eigenvalue weighted by molar-refractivity contribution is 0.484. The van der Waals surface area contributed by atoms with E-state index in [9.17, 15) is 4.57 Å². The van der Waals surface area contributed by atoms with E-state index >= 15 is 0 Å². The molecule has 0 fully saturated rings. The van der Waals surface area contributed by atoms with Gasteiger partial charge < -0.3 is 4.52 Å². The van der Waals surface area contributed by atoms with Gasteiger partial charge in [-0.05, 0) is 28.8 Å². The van der Waals surface area contributed by atoms with E-state index in [1.165, 1.54) is 0 Å². The van der Waals surface area contributed by atoms with Gasteiger partial charge in [0.2, 0.25) is 0 Å². The van der Waals surface area contributed by atoms with Crippen molar-refractivity contribution in [2.24, 2.45) is 0 Å². The summed E-state index contributed by atoms with van der Waals surface area (Å²) in [5, 5.41) is 0.784. The number of fused-ring (bicyclic) bond motifs is 3. The number of rotatable bonds is 3. The molecule has 1 heterocycles. The van der Waals surface area contributed by atoms with E-state index in [4.69, 9.17) is 4.52 Å². The van der Waals surface area contributed by atoms with Crippen LogP contribution in [0, 0.1) is 0 Å². The maximum Gasteiger partial charge on any atom is 0.289 e. The van der Waals surface area contributed by atoms with Crippen LogP contribution in [0.25, 0.3) is 11.1 Å². The molecule has 5 rings (SSSR count). The normalized spacial score (nSPS) is 17.5. The summed E-state index contributed by atoms with van der Waals surface area (Å²) in [4.78, 5) is 0. The molecule has 0 spiro atoms. The molecular weight excluding hydrogens is 363 g/mol. The van der Waals surface area contributed by atoms with Crippen LogP contribution < -0.4 is 9.83 Å². The van der Waals surface area contributed by atoms with Gasteiger partial charge in [0, 0.05) is 5.56 Å². The summed E-state index contributed by atoms with van der Waals surface area (Å²) in [5.41, 5.74) is 3.59. The first-order valence-electron chi connectivity index (χ1n) is 9.35. The molecule has 1 aliphatic heterocycles. The Morgan fingerprint density at radius 3 is 1.71 bits per heavy atom. The highest BCUT2D eigenvalue weighted by atomic mass is 31.2. The third-order valence-electron chi connectivity index (χ3n) is 5.22. The van der Waals surface area contributed by atoms with Crippen molar-refractivity contribution in [2.75, 3.05) is 0 Å². The summed E-state index contributed by atoms with van der Waals surface area (Å²) < 4.78 is 21.1. The minimum Gasteiger partial charge on any atom is -0.439 e. The molecule has 1 unspecified atom stereocenters. The van der Waals surface area contributed by atoms with Gasteiger partial charge in [-0.3, -0.25) is 4.57 Å². The lowest BCUT2D eigenvalue weighted by Crippen LogP contribution is -2.22. The molecule has 2 nitrogen and oxygen atoms in total. The zero-order valence-corrected chi connectivity index (χ0v) is 16.1. The van der Waals surface area contributed by atoms with E-state index in [1.807, 2.05) is 109 Å². The van der Waals surface area contributed by atoms with Crippen LogP contribution in [-0.4, -0.2) is 0 Å². The lowest BCUT2D eigenvalue weighted by Gasteiger charge is -2.34. The molecule has 0 radical (unpaired) electrons. The molecule has 0 aromatic heterocycles. The Morgan fingerprint density at radius 2 is 1.07 bits per heavy atom. The molecule has 0 saturated heterocycles. The number of hydrogen-bond acceptors (Lipinski definition) is 2. The first-order valence-corrected chi connectivity index (χ1v) is 11.0. The molecule has 0 bridgehead atoms. The van der Waals surface area contributed by atoms with Gasteiger partial charge in [0.15, 0.2) is 0 Å². The molecule has 1 atom stereocenters. The largest absolute Gasteiger partial charge is 0.439 e. The third kappa shape index (κ3) is 2.69. The molecule has 0 N–H and O–H groups in total. The number of benzene rings is 4. The van der Waals surface area contributed by atoms with Gasteiger partial charge in [-0.25, -0.2) is 0 Å². The van der Waals surface area contributed by atoms with Gasteiger partial charge in [-0.1, -0.05) is 97.1 Å². The van der Waals surface area contributed by atoms with Crippen LogP contribution >= 0.6 is 7.37 Å².